The monoisotopic (exact) mass is 469 g/mol. The Kier molecular flexibility index (Phi) is 7.18. The number of H-pyrrole nitrogens is 1. The molecule has 1 heterocycles. The number of hydrogen-bond acceptors (Lipinski definition) is 5. The van der Waals surface area contributed by atoms with Gasteiger partial charge in [0, 0.05) is 10.6 Å². The molecule has 3 rings (SSSR count). The topological polar surface area (TPSA) is 99.8 Å². The number of aromatic amines is 1. The van der Waals surface area contributed by atoms with E-state index in [0.29, 0.717) is 22.1 Å². The number of amides is 2. The van der Waals surface area contributed by atoms with E-state index < -0.39 is 46.7 Å². The average molecular weight is 470 g/mol. The van der Waals surface area contributed by atoms with Crippen LogP contribution in [0.3, 0.4) is 0 Å². The Bertz CT molecular complexity index is 1110. The molecule has 3 N–H and O–H groups in total. The number of anilines is 1. The fourth-order valence-corrected chi connectivity index (χ4v) is 3.25. The molecule has 0 aliphatic heterocycles. The summed E-state index contributed by atoms with van der Waals surface area (Å²) in [6, 6.07) is 8.51. The maximum absolute atomic E-state index is 13.6. The molecule has 12 heteroatoms. The normalized spacial score (nSPS) is 11.8. The zero-order chi connectivity index (χ0) is 22.5. The molecule has 2 aromatic carbocycles. The van der Waals surface area contributed by atoms with Crippen LogP contribution in [0.15, 0.2) is 41.6 Å². The predicted octanol–water partition coefficient (Wildman–Crippen LogP) is 3.78. The van der Waals surface area contributed by atoms with Gasteiger partial charge < -0.3 is 10.6 Å². The van der Waals surface area contributed by atoms with Crippen molar-refractivity contribution in [1.82, 2.24) is 20.5 Å². The standard InChI is InChI=1S/C19H15ClF3N5O2S/c1-9(31-19-26-17(27-28-19)10-2-4-11(20)5-3-10)18(30)24-8-14(29)25-13-7-6-12(21)15(22)16(13)23/h2-7,9H,8H2,1H3,(H,24,30)(H,25,29)(H,26,27,28). The molecule has 0 radical (unpaired) electrons. The lowest BCUT2D eigenvalue weighted by molar-refractivity contribution is -0.123. The van der Waals surface area contributed by atoms with Gasteiger partial charge in [-0.3, -0.25) is 14.7 Å². The second-order valence-electron chi connectivity index (χ2n) is 6.22. The fourth-order valence-electron chi connectivity index (χ4n) is 2.38. The Labute approximate surface area is 183 Å². The summed E-state index contributed by atoms with van der Waals surface area (Å²) < 4.78 is 39.7. The van der Waals surface area contributed by atoms with Crippen LogP contribution in [0.25, 0.3) is 11.4 Å². The van der Waals surface area contributed by atoms with E-state index in [0.717, 1.165) is 23.4 Å². The number of hydrogen-bond donors (Lipinski definition) is 3. The van der Waals surface area contributed by atoms with Crippen molar-refractivity contribution >= 4 is 40.9 Å². The van der Waals surface area contributed by atoms with Crippen LogP contribution in [0.2, 0.25) is 5.02 Å². The maximum Gasteiger partial charge on any atom is 0.243 e. The summed E-state index contributed by atoms with van der Waals surface area (Å²) >= 11 is 6.91. The highest BCUT2D eigenvalue weighted by molar-refractivity contribution is 8.00. The Hall–Kier alpha value is -3.05. The molecule has 0 fully saturated rings. The highest BCUT2D eigenvalue weighted by Crippen LogP contribution is 2.24. The number of aromatic nitrogens is 3. The Morgan fingerprint density at radius 2 is 1.84 bits per heavy atom. The molecule has 1 aromatic heterocycles. The minimum Gasteiger partial charge on any atom is -0.346 e. The van der Waals surface area contributed by atoms with Gasteiger partial charge in [0.2, 0.25) is 17.0 Å². The second kappa shape index (κ2) is 9.84. The smallest absolute Gasteiger partial charge is 0.243 e. The molecule has 0 saturated heterocycles. The van der Waals surface area contributed by atoms with Gasteiger partial charge in [0.15, 0.2) is 23.3 Å². The molecular formula is C19H15ClF3N5O2S. The molecule has 0 bridgehead atoms. The van der Waals surface area contributed by atoms with Crippen molar-refractivity contribution in [1.29, 1.82) is 0 Å². The molecular weight excluding hydrogens is 455 g/mol. The highest BCUT2D eigenvalue weighted by atomic mass is 35.5. The van der Waals surface area contributed by atoms with Crippen LogP contribution in [0.4, 0.5) is 18.9 Å². The van der Waals surface area contributed by atoms with Crippen molar-refractivity contribution in [2.75, 3.05) is 11.9 Å². The molecule has 0 saturated carbocycles. The lowest BCUT2D eigenvalue weighted by atomic mass is 10.2. The van der Waals surface area contributed by atoms with Gasteiger partial charge in [-0.15, -0.1) is 5.10 Å². The molecule has 3 aromatic rings. The van der Waals surface area contributed by atoms with Crippen LogP contribution < -0.4 is 10.6 Å². The Morgan fingerprint density at radius 3 is 2.55 bits per heavy atom. The third-order valence-corrected chi connectivity index (χ3v) is 5.18. The van der Waals surface area contributed by atoms with Crippen LogP contribution in [0, 0.1) is 17.5 Å². The first kappa shape index (κ1) is 22.6. The van der Waals surface area contributed by atoms with E-state index in [1.165, 1.54) is 0 Å². The summed E-state index contributed by atoms with van der Waals surface area (Å²) in [5.74, 6) is -5.40. The van der Waals surface area contributed by atoms with Gasteiger partial charge in [0.25, 0.3) is 0 Å². The number of rotatable bonds is 7. The number of benzene rings is 2. The third-order valence-electron chi connectivity index (χ3n) is 3.97. The molecule has 31 heavy (non-hydrogen) atoms. The largest absolute Gasteiger partial charge is 0.346 e. The van der Waals surface area contributed by atoms with Crippen LogP contribution in [-0.4, -0.2) is 38.8 Å². The summed E-state index contributed by atoms with van der Waals surface area (Å²) in [6.07, 6.45) is 0. The van der Waals surface area contributed by atoms with E-state index in [9.17, 15) is 22.8 Å². The molecule has 2 amide bonds. The number of nitrogens with one attached hydrogen (secondary N) is 3. The van der Waals surface area contributed by atoms with Crippen LogP contribution in [0.1, 0.15) is 6.92 Å². The van der Waals surface area contributed by atoms with Gasteiger partial charge in [-0.1, -0.05) is 23.4 Å². The number of nitrogens with zero attached hydrogens (tertiary/aromatic N) is 2. The SMILES string of the molecule is CC(Sc1n[nH]c(-c2ccc(Cl)cc2)n1)C(=O)NCC(=O)Nc1ccc(F)c(F)c1F. The zero-order valence-corrected chi connectivity index (χ0v) is 17.5. The van der Waals surface area contributed by atoms with Gasteiger partial charge in [0.05, 0.1) is 17.5 Å². The van der Waals surface area contributed by atoms with Crippen molar-refractivity contribution in [2.24, 2.45) is 0 Å². The molecule has 1 atom stereocenters. The van der Waals surface area contributed by atoms with Crippen molar-refractivity contribution in [3.05, 3.63) is 58.9 Å². The molecule has 0 aliphatic rings. The first-order valence-corrected chi connectivity index (χ1v) is 10.1. The summed E-state index contributed by atoms with van der Waals surface area (Å²) in [7, 11) is 0. The van der Waals surface area contributed by atoms with Crippen LogP contribution >= 0.6 is 23.4 Å². The molecule has 1 unspecified atom stereocenters. The summed E-state index contributed by atoms with van der Waals surface area (Å²) in [6.45, 7) is 1.09. The average Bonchev–Trinajstić information content (AvgIpc) is 3.21. The van der Waals surface area contributed by atoms with E-state index in [4.69, 9.17) is 11.6 Å². The quantitative estimate of drug-likeness (QED) is 0.361. The van der Waals surface area contributed by atoms with E-state index in [1.807, 2.05) is 0 Å². The van der Waals surface area contributed by atoms with Gasteiger partial charge in [-0.2, -0.15) is 0 Å². The minimum absolute atomic E-state index is 0.320. The summed E-state index contributed by atoms with van der Waals surface area (Å²) in [4.78, 5) is 28.4. The number of carbonyl (C=O) groups excluding carboxylic acids is 2. The lowest BCUT2D eigenvalue weighted by Gasteiger charge is -2.11. The Morgan fingerprint density at radius 1 is 1.13 bits per heavy atom. The minimum atomic E-state index is -1.70. The van der Waals surface area contributed by atoms with E-state index >= 15 is 0 Å². The van der Waals surface area contributed by atoms with Gasteiger partial charge in [0.1, 0.15) is 0 Å². The predicted molar refractivity (Wildman–Crippen MR) is 110 cm³/mol. The summed E-state index contributed by atoms with van der Waals surface area (Å²) in [5.41, 5.74) is 0.234. The Balaban J connectivity index is 1.51. The zero-order valence-electron chi connectivity index (χ0n) is 15.9. The molecule has 7 nitrogen and oxygen atoms in total. The van der Waals surface area contributed by atoms with E-state index in [-0.39, 0.29) is 0 Å². The first-order valence-electron chi connectivity index (χ1n) is 8.80. The summed E-state index contributed by atoms with van der Waals surface area (Å²) in [5, 5.41) is 11.5. The molecule has 162 valence electrons. The highest BCUT2D eigenvalue weighted by Gasteiger charge is 2.19. The van der Waals surface area contributed by atoms with Crippen molar-refractivity contribution < 1.29 is 22.8 Å². The van der Waals surface area contributed by atoms with Crippen LogP contribution in [-0.2, 0) is 9.59 Å². The molecule has 0 aliphatic carbocycles. The number of thioether (sulfide) groups is 1. The lowest BCUT2D eigenvalue weighted by Crippen LogP contribution is -2.37. The third kappa shape index (κ3) is 5.76. The van der Waals surface area contributed by atoms with Gasteiger partial charge in [-0.05, 0) is 43.3 Å². The van der Waals surface area contributed by atoms with E-state index in [2.05, 4.69) is 25.8 Å². The fraction of sp³-hybridized carbons (Fsp3) is 0.158. The van der Waals surface area contributed by atoms with Crippen molar-refractivity contribution in [3.63, 3.8) is 0 Å². The van der Waals surface area contributed by atoms with Crippen molar-refractivity contribution in [2.45, 2.75) is 17.3 Å². The van der Waals surface area contributed by atoms with Gasteiger partial charge in [-0.25, -0.2) is 18.2 Å². The van der Waals surface area contributed by atoms with Gasteiger partial charge >= 0.3 is 0 Å². The molecule has 0 spiro atoms. The van der Waals surface area contributed by atoms with Crippen LogP contribution in [0.5, 0.6) is 0 Å². The maximum atomic E-state index is 13.6. The first-order chi connectivity index (χ1) is 14.7. The number of halogens is 4. The second-order valence-corrected chi connectivity index (χ2v) is 7.97. The number of carbonyl (C=O) groups is 2. The van der Waals surface area contributed by atoms with Crippen molar-refractivity contribution in [3.8, 4) is 11.4 Å². The van der Waals surface area contributed by atoms with E-state index in [1.54, 1.807) is 31.2 Å².